The van der Waals surface area contributed by atoms with Gasteiger partial charge in [-0.15, -0.1) is 11.3 Å². The van der Waals surface area contributed by atoms with Crippen molar-refractivity contribution >= 4 is 45.0 Å². The van der Waals surface area contributed by atoms with Crippen molar-refractivity contribution in [3.8, 4) is 11.3 Å². The monoisotopic (exact) mass is 534 g/mol. The minimum absolute atomic E-state index is 0.0257. The topological polar surface area (TPSA) is 75.9 Å². The van der Waals surface area contributed by atoms with E-state index in [0.29, 0.717) is 32.9 Å². The largest absolute Gasteiger partial charge is 0.444 e. The second-order valence-electron chi connectivity index (χ2n) is 9.33. The van der Waals surface area contributed by atoms with Gasteiger partial charge in [0.1, 0.15) is 11.4 Å². The Hall–Kier alpha value is -2.51. The summed E-state index contributed by atoms with van der Waals surface area (Å²) in [6.45, 7) is 12.5. The number of nitrogens with zero attached hydrogens (tertiary/aromatic N) is 3. The molecule has 2 aliphatic rings. The van der Waals surface area contributed by atoms with Gasteiger partial charge in [0.2, 0.25) is 5.69 Å². The van der Waals surface area contributed by atoms with E-state index in [9.17, 15) is 14.0 Å². The van der Waals surface area contributed by atoms with Gasteiger partial charge in [-0.3, -0.25) is 4.79 Å². The van der Waals surface area contributed by atoms with Crippen molar-refractivity contribution in [2.24, 2.45) is 0 Å². The van der Waals surface area contributed by atoms with E-state index < -0.39 is 17.5 Å². The first-order valence-electron chi connectivity index (χ1n) is 10.7. The molecule has 0 spiro atoms. The van der Waals surface area contributed by atoms with E-state index in [1.807, 2.05) is 25.7 Å². The van der Waals surface area contributed by atoms with Gasteiger partial charge >= 0.3 is 6.09 Å². The molecule has 1 aromatic carbocycles. The van der Waals surface area contributed by atoms with Gasteiger partial charge in [-0.2, -0.15) is 0 Å². The molecule has 2 aromatic rings. The minimum Gasteiger partial charge on any atom is -0.444 e. The second-order valence-corrected chi connectivity index (χ2v) is 11.6. The number of alkyl carbamates (subject to hydrolysis) is 1. The van der Waals surface area contributed by atoms with Crippen LogP contribution in [0.3, 0.4) is 0 Å². The smallest absolute Gasteiger partial charge is 0.407 e. The first-order chi connectivity index (χ1) is 15.6. The molecule has 2 atom stereocenters. The quantitative estimate of drug-likeness (QED) is 0.495. The van der Waals surface area contributed by atoms with Gasteiger partial charge < -0.3 is 15.0 Å². The van der Waals surface area contributed by atoms with Crippen LogP contribution < -0.4 is 5.32 Å². The Morgan fingerprint density at radius 1 is 1.30 bits per heavy atom. The van der Waals surface area contributed by atoms with Gasteiger partial charge in [-0.1, -0.05) is 12.1 Å². The van der Waals surface area contributed by atoms with Crippen molar-refractivity contribution in [1.29, 1.82) is 0 Å². The van der Waals surface area contributed by atoms with Crippen LogP contribution in [0.4, 0.5) is 14.9 Å². The molecule has 2 unspecified atom stereocenters. The highest BCUT2D eigenvalue weighted by Crippen LogP contribution is 2.40. The number of hydrogen-bond acceptors (Lipinski definition) is 5. The average molecular weight is 535 g/mol. The van der Waals surface area contributed by atoms with Crippen LogP contribution >= 0.6 is 27.3 Å². The normalized spacial score (nSPS) is 22.1. The van der Waals surface area contributed by atoms with Gasteiger partial charge in [-0.05, 0) is 68.5 Å². The molecule has 1 N–H and O–H groups in total. The lowest BCUT2D eigenvalue weighted by atomic mass is 9.97. The molecule has 2 amide bonds. The predicted molar refractivity (Wildman–Crippen MR) is 127 cm³/mol. The van der Waals surface area contributed by atoms with Crippen LogP contribution in [0, 0.1) is 12.4 Å². The van der Waals surface area contributed by atoms with Gasteiger partial charge in [0.25, 0.3) is 5.91 Å². The summed E-state index contributed by atoms with van der Waals surface area (Å²) in [5.41, 5.74) is 0.369. The van der Waals surface area contributed by atoms with Crippen LogP contribution in [0.5, 0.6) is 0 Å². The number of hydrogen-bond donors (Lipinski definition) is 1. The molecule has 7 nitrogen and oxygen atoms in total. The third kappa shape index (κ3) is 5.04. The molecule has 2 aliphatic heterocycles. The van der Waals surface area contributed by atoms with Gasteiger partial charge in [0.15, 0.2) is 5.01 Å². The van der Waals surface area contributed by atoms with E-state index in [2.05, 4.69) is 31.1 Å². The molecular weight excluding hydrogens is 511 g/mol. The number of ether oxygens (including phenoxy) is 1. The number of benzene rings is 1. The molecule has 0 saturated carbocycles. The highest BCUT2D eigenvalue weighted by Gasteiger charge is 2.45. The molecule has 2 bridgehead atoms. The second kappa shape index (κ2) is 9.03. The van der Waals surface area contributed by atoms with Crippen LogP contribution in [0.1, 0.15) is 56.3 Å². The van der Waals surface area contributed by atoms with Crippen LogP contribution in [0.25, 0.3) is 16.1 Å². The fraction of sp³-hybridized carbons (Fsp3) is 0.478. The van der Waals surface area contributed by atoms with Crippen LogP contribution in [-0.4, -0.2) is 45.6 Å². The van der Waals surface area contributed by atoms with Crippen molar-refractivity contribution in [3.05, 3.63) is 44.2 Å². The Morgan fingerprint density at radius 2 is 1.97 bits per heavy atom. The molecule has 33 heavy (non-hydrogen) atoms. The zero-order valence-corrected chi connectivity index (χ0v) is 20.9. The van der Waals surface area contributed by atoms with Crippen molar-refractivity contribution in [2.75, 3.05) is 0 Å². The third-order valence-electron chi connectivity index (χ3n) is 5.80. The van der Waals surface area contributed by atoms with Crippen LogP contribution in [0.15, 0.2) is 22.0 Å². The number of fused-ring (bicyclic) bond motifs is 2. The first kappa shape index (κ1) is 23.6. The Balaban J connectivity index is 1.48. The first-order valence-corrected chi connectivity index (χ1v) is 12.3. The summed E-state index contributed by atoms with van der Waals surface area (Å²) >= 11 is 4.67. The molecule has 0 aliphatic carbocycles. The lowest BCUT2D eigenvalue weighted by Gasteiger charge is -2.38. The Morgan fingerprint density at radius 3 is 2.55 bits per heavy atom. The molecule has 0 radical (unpaired) electrons. The lowest BCUT2D eigenvalue weighted by Crippen LogP contribution is -2.53. The van der Waals surface area contributed by atoms with Crippen molar-refractivity contribution in [1.82, 2.24) is 15.2 Å². The standard InChI is InChI=1S/C23H24BrFN4O3S/c1-23(2,3)32-22(31)27-13-10-14-6-7-15(11-13)29(14)21(30)20-28-18(19(24)33-20)12-5-8-17(26-4)16(25)9-12/h5,8-9,13-15H,6-7,10-11H2,1-3H3,(H,27,31). The number of thiazole rings is 1. The van der Waals surface area contributed by atoms with Crippen LogP contribution in [-0.2, 0) is 4.74 Å². The number of halogens is 2. The number of rotatable bonds is 3. The molecule has 2 fully saturated rings. The summed E-state index contributed by atoms with van der Waals surface area (Å²) < 4.78 is 20.1. The summed E-state index contributed by atoms with van der Waals surface area (Å²) in [6, 6.07) is 4.31. The van der Waals surface area contributed by atoms with Crippen molar-refractivity contribution in [3.63, 3.8) is 0 Å². The number of aromatic nitrogens is 1. The summed E-state index contributed by atoms with van der Waals surface area (Å²) in [5, 5.41) is 3.28. The van der Waals surface area contributed by atoms with Crippen LogP contribution in [0.2, 0.25) is 0 Å². The molecule has 1 aromatic heterocycles. The van der Waals surface area contributed by atoms with Gasteiger partial charge in [0, 0.05) is 23.7 Å². The molecule has 174 valence electrons. The highest BCUT2D eigenvalue weighted by atomic mass is 79.9. The lowest BCUT2D eigenvalue weighted by molar-refractivity contribution is 0.0418. The van der Waals surface area contributed by atoms with E-state index in [0.717, 1.165) is 12.8 Å². The highest BCUT2D eigenvalue weighted by molar-refractivity contribution is 9.11. The van der Waals surface area contributed by atoms with Crippen molar-refractivity contribution in [2.45, 2.75) is 70.2 Å². The summed E-state index contributed by atoms with van der Waals surface area (Å²) in [7, 11) is 0. The van der Waals surface area contributed by atoms with E-state index >= 15 is 0 Å². The Labute approximate surface area is 204 Å². The molecule has 10 heteroatoms. The zero-order chi connectivity index (χ0) is 23.9. The number of piperidine rings is 1. The van der Waals surface area contributed by atoms with E-state index in [1.54, 1.807) is 6.07 Å². The van der Waals surface area contributed by atoms with E-state index in [1.165, 1.54) is 23.5 Å². The Kier molecular flexibility index (Phi) is 6.47. The Bertz CT molecular complexity index is 1130. The average Bonchev–Trinajstić information content (AvgIpc) is 3.23. The third-order valence-corrected chi connectivity index (χ3v) is 7.49. The van der Waals surface area contributed by atoms with Gasteiger partial charge in [0.05, 0.1) is 16.1 Å². The maximum absolute atomic E-state index is 14.1. The SMILES string of the molecule is [C-]#[N+]c1ccc(-c2nc(C(=O)N3C4CCC3CC(NC(=O)OC(C)(C)C)C4)sc2Br)cc1F. The summed E-state index contributed by atoms with van der Waals surface area (Å²) in [5.74, 6) is -0.763. The molecule has 3 heterocycles. The number of nitrogens with one attached hydrogen (secondary N) is 1. The van der Waals surface area contributed by atoms with E-state index in [4.69, 9.17) is 11.3 Å². The minimum atomic E-state index is -0.618. The molecule has 4 rings (SSSR count). The summed E-state index contributed by atoms with van der Waals surface area (Å²) in [6.07, 6.45) is 2.67. The predicted octanol–water partition coefficient (Wildman–Crippen LogP) is 5.92. The van der Waals surface area contributed by atoms with Gasteiger partial charge in [-0.25, -0.2) is 19.0 Å². The maximum Gasteiger partial charge on any atom is 0.407 e. The number of amides is 2. The molecule has 2 saturated heterocycles. The fourth-order valence-corrected chi connectivity index (χ4v) is 6.06. The van der Waals surface area contributed by atoms with Crippen molar-refractivity contribution < 1.29 is 18.7 Å². The number of carbonyl (C=O) groups is 2. The fourth-order valence-electron chi connectivity index (χ4n) is 4.53. The zero-order valence-electron chi connectivity index (χ0n) is 18.5. The summed E-state index contributed by atoms with van der Waals surface area (Å²) in [4.78, 5) is 35.1. The number of carbonyl (C=O) groups excluding carboxylic acids is 2. The maximum atomic E-state index is 14.1. The van der Waals surface area contributed by atoms with E-state index in [-0.39, 0.29) is 29.7 Å². The molecular formula is C23H24BrFN4O3S.